The molecule has 1 fully saturated rings. The van der Waals surface area contributed by atoms with Crippen LogP contribution in [0.25, 0.3) is 0 Å². The quantitative estimate of drug-likeness (QED) is 0.881. The molecule has 1 heterocycles. The van der Waals surface area contributed by atoms with Gasteiger partial charge in [-0.1, -0.05) is 30.3 Å². The highest BCUT2D eigenvalue weighted by molar-refractivity contribution is 6.22. The van der Waals surface area contributed by atoms with E-state index in [1.165, 1.54) is 24.3 Å². The van der Waals surface area contributed by atoms with Crippen molar-refractivity contribution in [2.24, 2.45) is 0 Å². The molecule has 1 atom stereocenters. The highest BCUT2D eigenvalue weighted by Crippen LogP contribution is 2.23. The fraction of sp³-hybridized carbons (Fsp3) is 0.176. The number of nitrogens with zero attached hydrogens (tertiary/aromatic N) is 1. The summed E-state index contributed by atoms with van der Waals surface area (Å²) in [6.07, 6.45) is 0.114. The molecule has 1 N–H and O–H groups in total. The number of hydrogen-bond acceptors (Lipinski definition) is 3. The molecule has 0 saturated carbocycles. The van der Waals surface area contributed by atoms with E-state index in [1.54, 1.807) is 0 Å². The fourth-order valence-electron chi connectivity index (χ4n) is 2.49. The minimum Gasteiger partial charge on any atom is -0.301 e. The molecule has 0 bridgehead atoms. The van der Waals surface area contributed by atoms with Gasteiger partial charge in [-0.15, -0.1) is 0 Å². The molecule has 2 amide bonds. The summed E-state index contributed by atoms with van der Waals surface area (Å²) in [6.45, 7) is 0.516. The SMILES string of the molecule is O=C1C[C@H](NCc2ccccc2)C(=O)N1c1ccc(F)cc1. The van der Waals surface area contributed by atoms with E-state index in [2.05, 4.69) is 5.32 Å². The molecule has 0 aromatic heterocycles. The number of hydrogen-bond donors (Lipinski definition) is 1. The van der Waals surface area contributed by atoms with Crippen molar-refractivity contribution in [3.05, 3.63) is 66.0 Å². The van der Waals surface area contributed by atoms with Crippen molar-refractivity contribution in [3.63, 3.8) is 0 Å². The van der Waals surface area contributed by atoms with Crippen molar-refractivity contribution in [1.29, 1.82) is 0 Å². The van der Waals surface area contributed by atoms with E-state index >= 15 is 0 Å². The number of carbonyl (C=O) groups excluding carboxylic acids is 2. The first-order valence-corrected chi connectivity index (χ1v) is 7.05. The first kappa shape index (κ1) is 14.4. The molecule has 1 aliphatic rings. The predicted molar refractivity (Wildman–Crippen MR) is 80.6 cm³/mol. The number of imide groups is 1. The number of anilines is 1. The maximum absolute atomic E-state index is 13.0. The van der Waals surface area contributed by atoms with Gasteiger partial charge < -0.3 is 5.32 Å². The smallest absolute Gasteiger partial charge is 0.251 e. The van der Waals surface area contributed by atoms with Crippen LogP contribution in [0.4, 0.5) is 10.1 Å². The second-order valence-corrected chi connectivity index (χ2v) is 5.17. The van der Waals surface area contributed by atoms with Gasteiger partial charge in [0.15, 0.2) is 0 Å². The van der Waals surface area contributed by atoms with E-state index in [-0.39, 0.29) is 18.2 Å². The summed E-state index contributed by atoms with van der Waals surface area (Å²) in [7, 11) is 0. The molecular weight excluding hydrogens is 283 g/mol. The topological polar surface area (TPSA) is 49.4 Å². The molecule has 0 aliphatic carbocycles. The van der Waals surface area contributed by atoms with Gasteiger partial charge in [0.1, 0.15) is 5.82 Å². The number of carbonyl (C=O) groups is 2. The minimum atomic E-state index is -0.544. The third-order valence-electron chi connectivity index (χ3n) is 3.63. The summed E-state index contributed by atoms with van der Waals surface area (Å²) >= 11 is 0. The number of nitrogens with one attached hydrogen (secondary N) is 1. The van der Waals surface area contributed by atoms with Gasteiger partial charge in [-0.2, -0.15) is 0 Å². The van der Waals surface area contributed by atoms with Crippen LogP contribution in [0.3, 0.4) is 0 Å². The van der Waals surface area contributed by atoms with Crippen LogP contribution < -0.4 is 10.2 Å². The Hall–Kier alpha value is -2.53. The number of rotatable bonds is 4. The van der Waals surface area contributed by atoms with E-state index in [9.17, 15) is 14.0 Å². The van der Waals surface area contributed by atoms with E-state index in [4.69, 9.17) is 0 Å². The van der Waals surface area contributed by atoms with E-state index in [0.29, 0.717) is 12.2 Å². The fourth-order valence-corrected chi connectivity index (χ4v) is 2.49. The van der Waals surface area contributed by atoms with Crippen LogP contribution in [0.5, 0.6) is 0 Å². The third kappa shape index (κ3) is 2.89. The zero-order valence-electron chi connectivity index (χ0n) is 11.8. The zero-order valence-corrected chi connectivity index (χ0v) is 11.8. The molecule has 0 unspecified atom stereocenters. The Kier molecular flexibility index (Phi) is 3.98. The monoisotopic (exact) mass is 298 g/mol. The first-order chi connectivity index (χ1) is 10.6. The summed E-state index contributed by atoms with van der Waals surface area (Å²) in [4.78, 5) is 25.5. The summed E-state index contributed by atoms with van der Waals surface area (Å²) in [5.74, 6) is -0.976. The Balaban J connectivity index is 1.70. The van der Waals surface area contributed by atoms with E-state index in [0.717, 1.165) is 10.5 Å². The third-order valence-corrected chi connectivity index (χ3v) is 3.63. The Labute approximate surface area is 127 Å². The van der Waals surface area contributed by atoms with Crippen LogP contribution in [0.15, 0.2) is 54.6 Å². The lowest BCUT2D eigenvalue weighted by atomic mass is 10.2. The van der Waals surface area contributed by atoms with Gasteiger partial charge in [-0.25, -0.2) is 9.29 Å². The molecule has 2 aromatic rings. The number of benzene rings is 2. The van der Waals surface area contributed by atoms with Crippen molar-refractivity contribution in [2.45, 2.75) is 19.0 Å². The van der Waals surface area contributed by atoms with Crippen molar-refractivity contribution < 1.29 is 14.0 Å². The molecule has 1 saturated heterocycles. The molecule has 5 heteroatoms. The standard InChI is InChI=1S/C17H15FN2O2/c18-13-6-8-14(9-7-13)20-16(21)10-15(17(20)22)19-11-12-4-2-1-3-5-12/h1-9,15,19H,10-11H2/t15-/m0/s1. The van der Waals surface area contributed by atoms with Crippen molar-refractivity contribution in [1.82, 2.24) is 5.32 Å². The predicted octanol–water partition coefficient (Wildman–Crippen LogP) is 2.25. The Morgan fingerprint density at radius 1 is 1.05 bits per heavy atom. The van der Waals surface area contributed by atoms with Crippen molar-refractivity contribution in [2.75, 3.05) is 4.90 Å². The highest BCUT2D eigenvalue weighted by Gasteiger charge is 2.39. The van der Waals surface area contributed by atoms with Gasteiger partial charge in [-0.3, -0.25) is 9.59 Å². The summed E-state index contributed by atoms with van der Waals surface area (Å²) in [5.41, 5.74) is 1.45. The van der Waals surface area contributed by atoms with Gasteiger partial charge in [0.2, 0.25) is 5.91 Å². The lowest BCUT2D eigenvalue weighted by molar-refractivity contribution is -0.121. The molecule has 0 spiro atoms. The van der Waals surface area contributed by atoms with Crippen molar-refractivity contribution in [3.8, 4) is 0 Å². The largest absolute Gasteiger partial charge is 0.301 e. The van der Waals surface area contributed by atoms with Gasteiger partial charge in [0.25, 0.3) is 5.91 Å². The number of amides is 2. The van der Waals surface area contributed by atoms with Gasteiger partial charge in [0, 0.05) is 6.54 Å². The maximum atomic E-state index is 13.0. The average Bonchev–Trinajstić information content (AvgIpc) is 2.82. The van der Waals surface area contributed by atoms with Gasteiger partial charge in [-0.05, 0) is 29.8 Å². The van der Waals surface area contributed by atoms with Crippen LogP contribution in [-0.4, -0.2) is 17.9 Å². The van der Waals surface area contributed by atoms with Crippen LogP contribution >= 0.6 is 0 Å². The summed E-state index contributed by atoms with van der Waals surface area (Å²) in [6, 6.07) is 14.5. The Bertz CT molecular complexity index is 686. The Morgan fingerprint density at radius 3 is 2.41 bits per heavy atom. The molecule has 0 radical (unpaired) electrons. The molecular formula is C17H15FN2O2. The molecule has 2 aromatic carbocycles. The van der Waals surface area contributed by atoms with Crippen molar-refractivity contribution >= 4 is 17.5 Å². The van der Waals surface area contributed by atoms with E-state index < -0.39 is 11.9 Å². The lowest BCUT2D eigenvalue weighted by Gasteiger charge is -2.15. The van der Waals surface area contributed by atoms with Crippen LogP contribution in [0.1, 0.15) is 12.0 Å². The average molecular weight is 298 g/mol. The molecule has 22 heavy (non-hydrogen) atoms. The van der Waals surface area contributed by atoms with Crippen LogP contribution in [-0.2, 0) is 16.1 Å². The normalized spacial score (nSPS) is 18.0. The Morgan fingerprint density at radius 2 is 1.73 bits per heavy atom. The lowest BCUT2D eigenvalue weighted by Crippen LogP contribution is -2.38. The van der Waals surface area contributed by atoms with Gasteiger partial charge in [0.05, 0.1) is 18.2 Å². The summed E-state index contributed by atoms with van der Waals surface area (Å²) in [5, 5.41) is 3.10. The molecule has 112 valence electrons. The maximum Gasteiger partial charge on any atom is 0.251 e. The molecule has 1 aliphatic heterocycles. The second kappa shape index (κ2) is 6.07. The summed E-state index contributed by atoms with van der Waals surface area (Å²) < 4.78 is 13.0. The van der Waals surface area contributed by atoms with E-state index in [1.807, 2.05) is 30.3 Å². The van der Waals surface area contributed by atoms with Gasteiger partial charge >= 0.3 is 0 Å². The second-order valence-electron chi connectivity index (χ2n) is 5.17. The molecule has 3 rings (SSSR count). The van der Waals surface area contributed by atoms with Crippen LogP contribution in [0, 0.1) is 5.82 Å². The highest BCUT2D eigenvalue weighted by atomic mass is 19.1. The minimum absolute atomic E-state index is 0.114. The molecule has 4 nitrogen and oxygen atoms in total. The first-order valence-electron chi connectivity index (χ1n) is 7.05. The zero-order chi connectivity index (χ0) is 15.5. The number of halogens is 1. The van der Waals surface area contributed by atoms with Crippen LogP contribution in [0.2, 0.25) is 0 Å².